The smallest absolute Gasteiger partial charge is 0.319 e. The molecule has 0 spiro atoms. The van der Waals surface area contributed by atoms with Crippen LogP contribution in [0.5, 0.6) is 0 Å². The molecular weight excluding hydrogens is 473 g/mol. The van der Waals surface area contributed by atoms with Crippen molar-refractivity contribution >= 4 is 11.7 Å². The molecule has 3 heterocycles. The highest BCUT2D eigenvalue weighted by molar-refractivity contribution is 5.91. The lowest BCUT2D eigenvalue weighted by molar-refractivity contribution is 0.172. The standard InChI is InChI=1S/C28H30FN5O3/c29-24-6-4-20(5-7-24)15-21-3-1-11-34(19-21)12-2-8-32-28(35)33-25-17-22(26-30-9-13-36-26)16-23(18-25)27-31-10-14-37-27/h4-7,9-10,13-14,16-18,21H,1-3,8,11-12,15,19H2,(H2,32,33,35)/t21-/m0/s1. The van der Waals surface area contributed by atoms with E-state index >= 15 is 0 Å². The molecule has 0 unspecified atom stereocenters. The molecule has 1 aliphatic heterocycles. The summed E-state index contributed by atoms with van der Waals surface area (Å²) in [5, 5.41) is 5.84. The number of nitrogens with zero attached hydrogens (tertiary/aromatic N) is 3. The van der Waals surface area contributed by atoms with Gasteiger partial charge in [-0.3, -0.25) is 0 Å². The first-order valence-electron chi connectivity index (χ1n) is 12.6. The fraction of sp³-hybridized carbons (Fsp3) is 0.321. The van der Waals surface area contributed by atoms with E-state index in [9.17, 15) is 9.18 Å². The number of amides is 2. The maximum Gasteiger partial charge on any atom is 0.319 e. The molecule has 192 valence electrons. The molecule has 5 rings (SSSR count). The molecule has 0 saturated carbocycles. The van der Waals surface area contributed by atoms with Crippen LogP contribution in [-0.4, -0.2) is 47.1 Å². The highest BCUT2D eigenvalue weighted by Gasteiger charge is 2.20. The molecule has 0 aliphatic carbocycles. The number of hydrogen-bond donors (Lipinski definition) is 2. The highest BCUT2D eigenvalue weighted by Crippen LogP contribution is 2.29. The molecule has 4 aromatic rings. The molecule has 1 saturated heterocycles. The number of urea groups is 1. The van der Waals surface area contributed by atoms with Crippen molar-refractivity contribution in [2.24, 2.45) is 5.92 Å². The number of aromatic nitrogens is 2. The van der Waals surface area contributed by atoms with Crippen LogP contribution in [-0.2, 0) is 6.42 Å². The largest absolute Gasteiger partial charge is 0.445 e. The number of likely N-dealkylation sites (tertiary alicyclic amines) is 1. The number of rotatable bonds is 9. The Kier molecular flexibility index (Phi) is 7.90. The van der Waals surface area contributed by atoms with Crippen molar-refractivity contribution in [1.82, 2.24) is 20.2 Å². The first-order chi connectivity index (χ1) is 18.1. The highest BCUT2D eigenvalue weighted by atomic mass is 19.1. The van der Waals surface area contributed by atoms with E-state index in [1.807, 2.05) is 18.2 Å². The summed E-state index contributed by atoms with van der Waals surface area (Å²) >= 11 is 0. The Morgan fingerprint density at radius 1 is 1.03 bits per heavy atom. The van der Waals surface area contributed by atoms with Gasteiger partial charge in [0, 0.05) is 29.9 Å². The average molecular weight is 504 g/mol. The van der Waals surface area contributed by atoms with Gasteiger partial charge in [-0.1, -0.05) is 12.1 Å². The first-order valence-corrected chi connectivity index (χ1v) is 12.6. The molecule has 0 radical (unpaired) electrons. The van der Waals surface area contributed by atoms with Gasteiger partial charge in [0.05, 0.1) is 12.4 Å². The molecule has 1 atom stereocenters. The van der Waals surface area contributed by atoms with E-state index in [0.29, 0.717) is 41.1 Å². The van der Waals surface area contributed by atoms with Crippen LogP contribution in [0.3, 0.4) is 0 Å². The fourth-order valence-corrected chi connectivity index (χ4v) is 4.83. The third kappa shape index (κ3) is 6.83. The van der Waals surface area contributed by atoms with Crippen molar-refractivity contribution in [3.63, 3.8) is 0 Å². The minimum atomic E-state index is -0.282. The Hall–Kier alpha value is -3.98. The molecule has 0 bridgehead atoms. The summed E-state index contributed by atoms with van der Waals surface area (Å²) in [5.41, 5.74) is 3.18. The number of anilines is 1. The summed E-state index contributed by atoms with van der Waals surface area (Å²) in [4.78, 5) is 23.5. The second kappa shape index (κ2) is 11.8. The second-order valence-corrected chi connectivity index (χ2v) is 9.35. The summed E-state index contributed by atoms with van der Waals surface area (Å²) in [7, 11) is 0. The van der Waals surface area contributed by atoms with E-state index in [0.717, 1.165) is 38.9 Å². The van der Waals surface area contributed by atoms with E-state index < -0.39 is 0 Å². The van der Waals surface area contributed by atoms with Crippen molar-refractivity contribution in [3.8, 4) is 22.9 Å². The predicted octanol–water partition coefficient (Wildman–Crippen LogP) is 5.60. The summed E-state index contributed by atoms with van der Waals surface area (Å²) in [6.07, 6.45) is 10.3. The van der Waals surface area contributed by atoms with Gasteiger partial charge >= 0.3 is 6.03 Å². The molecule has 1 aliphatic rings. The maximum absolute atomic E-state index is 13.2. The molecule has 37 heavy (non-hydrogen) atoms. The normalized spacial score (nSPS) is 16.0. The molecule has 2 N–H and O–H groups in total. The van der Waals surface area contributed by atoms with Gasteiger partial charge < -0.3 is 24.4 Å². The molecule has 8 nitrogen and oxygen atoms in total. The number of carbonyl (C=O) groups is 1. The van der Waals surface area contributed by atoms with Crippen molar-refractivity contribution in [1.29, 1.82) is 0 Å². The van der Waals surface area contributed by atoms with Crippen molar-refractivity contribution in [2.45, 2.75) is 25.7 Å². The van der Waals surface area contributed by atoms with Gasteiger partial charge in [-0.2, -0.15) is 0 Å². The quantitative estimate of drug-likeness (QED) is 0.289. The third-order valence-electron chi connectivity index (χ3n) is 6.53. The van der Waals surface area contributed by atoms with E-state index in [1.54, 1.807) is 24.5 Å². The molecule has 2 aromatic carbocycles. The van der Waals surface area contributed by atoms with Crippen LogP contribution in [0.25, 0.3) is 22.9 Å². The van der Waals surface area contributed by atoms with Crippen molar-refractivity contribution < 1.29 is 18.0 Å². The number of piperidine rings is 1. The zero-order chi connectivity index (χ0) is 25.5. The summed E-state index contributed by atoms with van der Waals surface area (Å²) in [6.45, 7) is 3.59. The van der Waals surface area contributed by atoms with Gasteiger partial charge in [-0.25, -0.2) is 19.2 Å². The second-order valence-electron chi connectivity index (χ2n) is 9.35. The minimum absolute atomic E-state index is 0.192. The zero-order valence-electron chi connectivity index (χ0n) is 20.5. The van der Waals surface area contributed by atoms with Gasteiger partial charge in [0.25, 0.3) is 0 Å². The fourth-order valence-electron chi connectivity index (χ4n) is 4.83. The van der Waals surface area contributed by atoms with Crippen LogP contribution in [0, 0.1) is 11.7 Å². The Morgan fingerprint density at radius 3 is 2.38 bits per heavy atom. The Labute approximate surface area is 214 Å². The van der Waals surface area contributed by atoms with Gasteiger partial charge in [0.2, 0.25) is 11.8 Å². The van der Waals surface area contributed by atoms with Crippen molar-refractivity contribution in [3.05, 3.63) is 78.8 Å². The predicted molar refractivity (Wildman–Crippen MR) is 138 cm³/mol. The lowest BCUT2D eigenvalue weighted by Gasteiger charge is -2.32. The van der Waals surface area contributed by atoms with Crippen LogP contribution in [0.15, 0.2) is 76.2 Å². The van der Waals surface area contributed by atoms with Gasteiger partial charge in [-0.05, 0) is 80.6 Å². The van der Waals surface area contributed by atoms with E-state index in [1.165, 1.54) is 36.6 Å². The van der Waals surface area contributed by atoms with Crippen LogP contribution < -0.4 is 10.6 Å². The maximum atomic E-state index is 13.2. The summed E-state index contributed by atoms with van der Waals surface area (Å²) in [5.74, 6) is 1.26. The topological polar surface area (TPSA) is 96.4 Å². The number of oxazole rings is 2. The molecule has 2 aromatic heterocycles. The zero-order valence-corrected chi connectivity index (χ0v) is 20.5. The monoisotopic (exact) mass is 503 g/mol. The Morgan fingerprint density at radius 2 is 1.73 bits per heavy atom. The summed E-state index contributed by atoms with van der Waals surface area (Å²) < 4.78 is 24.0. The molecule has 9 heteroatoms. The van der Waals surface area contributed by atoms with E-state index in [-0.39, 0.29) is 11.8 Å². The minimum Gasteiger partial charge on any atom is -0.445 e. The molecule has 1 fully saturated rings. The summed E-state index contributed by atoms with van der Waals surface area (Å²) in [6, 6.07) is 12.0. The van der Waals surface area contributed by atoms with Crippen LogP contribution in [0.1, 0.15) is 24.8 Å². The number of benzene rings is 2. The van der Waals surface area contributed by atoms with Crippen LogP contribution in [0.4, 0.5) is 14.9 Å². The first kappa shape index (κ1) is 24.7. The third-order valence-corrected chi connectivity index (χ3v) is 6.53. The SMILES string of the molecule is O=C(NCCCN1CCC[C@@H](Cc2ccc(F)cc2)C1)Nc1cc(-c2ncco2)cc(-c2ncco2)c1. The number of hydrogen-bond acceptors (Lipinski definition) is 6. The lowest BCUT2D eigenvalue weighted by atomic mass is 9.91. The van der Waals surface area contributed by atoms with Gasteiger partial charge in [-0.15, -0.1) is 0 Å². The van der Waals surface area contributed by atoms with Gasteiger partial charge in [0.1, 0.15) is 18.3 Å². The number of carbonyl (C=O) groups excluding carboxylic acids is 1. The number of halogens is 1. The Bertz CT molecular complexity index is 1220. The van der Waals surface area contributed by atoms with E-state index in [4.69, 9.17) is 8.83 Å². The van der Waals surface area contributed by atoms with E-state index in [2.05, 4.69) is 25.5 Å². The van der Waals surface area contributed by atoms with Gasteiger partial charge in [0.15, 0.2) is 0 Å². The number of nitrogens with one attached hydrogen (secondary N) is 2. The van der Waals surface area contributed by atoms with Crippen molar-refractivity contribution in [2.75, 3.05) is 31.5 Å². The average Bonchev–Trinajstić information content (AvgIpc) is 3.63. The molecule has 2 amide bonds. The van der Waals surface area contributed by atoms with Crippen LogP contribution in [0.2, 0.25) is 0 Å². The Balaban J connectivity index is 1.10. The van der Waals surface area contributed by atoms with Crippen LogP contribution >= 0.6 is 0 Å². The lowest BCUT2D eigenvalue weighted by Crippen LogP contribution is -2.38. The molecular formula is C28H30FN5O3.